The van der Waals surface area contributed by atoms with Gasteiger partial charge >= 0.3 is 0 Å². The summed E-state index contributed by atoms with van der Waals surface area (Å²) in [6.07, 6.45) is 1.83. The Morgan fingerprint density at radius 3 is 2.73 bits per heavy atom. The molecular weight excluding hydrogens is 225 g/mol. The number of amides is 1. The third-order valence-electron chi connectivity index (χ3n) is 1.43. The predicted octanol–water partition coefficient (Wildman–Crippen LogP) is -1.02. The first kappa shape index (κ1) is 11.5. The first-order valence-electron chi connectivity index (χ1n) is 3.80. The van der Waals surface area contributed by atoms with Crippen molar-refractivity contribution in [1.82, 2.24) is 9.71 Å². The molecule has 0 saturated carbocycles. The third kappa shape index (κ3) is 3.26. The number of nitrogens with zero attached hydrogens (tertiary/aromatic N) is 1. The summed E-state index contributed by atoms with van der Waals surface area (Å²) in [5.41, 5.74) is 4.75. The van der Waals surface area contributed by atoms with Gasteiger partial charge in [-0.1, -0.05) is 0 Å². The molecule has 0 aliphatic rings. The minimum absolute atomic E-state index is 0.358. The summed E-state index contributed by atoms with van der Waals surface area (Å²) in [7, 11) is -3.93. The number of halogens is 1. The Bertz CT molecular complexity index is 474. The second kappa shape index (κ2) is 4.32. The fraction of sp³-hybridized carbons (Fsp3) is 0.143. The number of aromatic nitrogens is 1. The Labute approximate surface area is 85.4 Å². The second-order valence-electron chi connectivity index (χ2n) is 2.63. The van der Waals surface area contributed by atoms with Crippen LogP contribution in [0.15, 0.2) is 23.4 Å². The molecule has 0 atom stereocenters. The molecule has 1 aromatic heterocycles. The van der Waals surface area contributed by atoms with Crippen molar-refractivity contribution in [3.63, 3.8) is 0 Å². The Morgan fingerprint density at radius 2 is 2.20 bits per heavy atom. The molecule has 0 aromatic carbocycles. The monoisotopic (exact) mass is 233 g/mol. The third-order valence-corrected chi connectivity index (χ3v) is 2.79. The van der Waals surface area contributed by atoms with E-state index in [0.29, 0.717) is 0 Å². The van der Waals surface area contributed by atoms with Gasteiger partial charge < -0.3 is 5.73 Å². The predicted molar refractivity (Wildman–Crippen MR) is 48.6 cm³/mol. The maximum atomic E-state index is 12.7. The van der Waals surface area contributed by atoms with Gasteiger partial charge in [-0.2, -0.15) is 0 Å². The lowest BCUT2D eigenvalue weighted by Crippen LogP contribution is -2.33. The summed E-state index contributed by atoms with van der Waals surface area (Å²) in [6, 6.07) is 0.788. The van der Waals surface area contributed by atoms with Crippen molar-refractivity contribution in [2.75, 3.05) is 6.54 Å². The summed E-state index contributed by atoms with van der Waals surface area (Å²) >= 11 is 0. The number of nitrogens with two attached hydrogens (primary N) is 1. The van der Waals surface area contributed by atoms with Gasteiger partial charge in [-0.3, -0.25) is 9.78 Å². The van der Waals surface area contributed by atoms with Gasteiger partial charge in [-0.25, -0.2) is 17.5 Å². The normalized spacial score (nSPS) is 11.3. The molecule has 82 valence electrons. The summed E-state index contributed by atoms with van der Waals surface area (Å²) < 4.78 is 37.3. The van der Waals surface area contributed by atoms with Crippen molar-refractivity contribution in [3.05, 3.63) is 24.3 Å². The molecule has 1 heterocycles. The molecule has 6 nitrogen and oxygen atoms in total. The standard InChI is InChI=1S/C7H8FN3O3S/c8-5-1-6(3-10-2-5)15(13,14)11-4-7(9)12/h1-3,11H,4H2,(H2,9,12). The number of nitrogens with one attached hydrogen (secondary N) is 1. The SMILES string of the molecule is NC(=O)CNS(=O)(=O)c1cncc(F)c1. The summed E-state index contributed by atoms with van der Waals surface area (Å²) in [6.45, 7) is -0.543. The zero-order valence-corrected chi connectivity index (χ0v) is 8.29. The van der Waals surface area contributed by atoms with E-state index in [1.165, 1.54) is 0 Å². The topological polar surface area (TPSA) is 102 Å². The number of carbonyl (C=O) groups is 1. The van der Waals surface area contributed by atoms with Crippen LogP contribution in [-0.2, 0) is 14.8 Å². The minimum Gasteiger partial charge on any atom is -0.369 e. The minimum atomic E-state index is -3.93. The largest absolute Gasteiger partial charge is 0.369 e. The zero-order chi connectivity index (χ0) is 11.5. The van der Waals surface area contributed by atoms with Crippen LogP contribution in [0.3, 0.4) is 0 Å². The molecule has 1 aromatic rings. The molecule has 0 bridgehead atoms. The molecule has 0 spiro atoms. The van der Waals surface area contributed by atoms with E-state index in [0.717, 1.165) is 18.5 Å². The summed E-state index contributed by atoms with van der Waals surface area (Å²) in [5, 5.41) is 0. The molecule has 1 amide bonds. The molecule has 8 heteroatoms. The highest BCUT2D eigenvalue weighted by Gasteiger charge is 2.15. The number of rotatable bonds is 4. The van der Waals surface area contributed by atoms with Gasteiger partial charge in [0.05, 0.1) is 12.7 Å². The van der Waals surface area contributed by atoms with Crippen LogP contribution in [0.5, 0.6) is 0 Å². The molecule has 0 aliphatic heterocycles. The summed E-state index contributed by atoms with van der Waals surface area (Å²) in [4.78, 5) is 13.4. The number of hydrogen-bond donors (Lipinski definition) is 2. The Morgan fingerprint density at radius 1 is 1.53 bits per heavy atom. The number of sulfonamides is 1. The molecular formula is C7H8FN3O3S. The van der Waals surface area contributed by atoms with Gasteiger partial charge in [0.2, 0.25) is 15.9 Å². The van der Waals surface area contributed by atoms with E-state index in [9.17, 15) is 17.6 Å². The van der Waals surface area contributed by atoms with E-state index in [-0.39, 0.29) is 4.90 Å². The average Bonchev–Trinajstić information content (AvgIpc) is 2.15. The van der Waals surface area contributed by atoms with E-state index in [4.69, 9.17) is 5.73 Å². The number of pyridine rings is 1. The van der Waals surface area contributed by atoms with E-state index < -0.39 is 28.3 Å². The van der Waals surface area contributed by atoms with Crippen LogP contribution in [0, 0.1) is 5.82 Å². The Kier molecular flexibility index (Phi) is 3.32. The van der Waals surface area contributed by atoms with Crippen molar-refractivity contribution in [3.8, 4) is 0 Å². The van der Waals surface area contributed by atoms with Crippen LogP contribution in [-0.4, -0.2) is 25.9 Å². The summed E-state index contributed by atoms with van der Waals surface area (Å²) in [5.74, 6) is -1.61. The van der Waals surface area contributed by atoms with Crippen LogP contribution in [0.25, 0.3) is 0 Å². The number of primary amides is 1. The van der Waals surface area contributed by atoms with Gasteiger partial charge in [0.1, 0.15) is 10.7 Å². The van der Waals surface area contributed by atoms with Crippen molar-refractivity contribution in [1.29, 1.82) is 0 Å². The van der Waals surface area contributed by atoms with Crippen LogP contribution >= 0.6 is 0 Å². The van der Waals surface area contributed by atoms with Crippen LogP contribution < -0.4 is 10.5 Å². The fourth-order valence-electron chi connectivity index (χ4n) is 0.789. The number of carbonyl (C=O) groups excluding carboxylic acids is 1. The maximum Gasteiger partial charge on any atom is 0.242 e. The second-order valence-corrected chi connectivity index (χ2v) is 4.40. The molecule has 15 heavy (non-hydrogen) atoms. The highest BCUT2D eigenvalue weighted by Crippen LogP contribution is 2.07. The van der Waals surface area contributed by atoms with E-state index in [1.807, 2.05) is 4.72 Å². The lowest BCUT2D eigenvalue weighted by Gasteiger charge is -2.03. The average molecular weight is 233 g/mol. The first-order valence-corrected chi connectivity index (χ1v) is 5.28. The van der Waals surface area contributed by atoms with E-state index in [1.54, 1.807) is 0 Å². The highest BCUT2D eigenvalue weighted by molar-refractivity contribution is 7.89. The Balaban J connectivity index is 2.91. The first-order chi connectivity index (χ1) is 6.92. The van der Waals surface area contributed by atoms with Crippen LogP contribution in [0.2, 0.25) is 0 Å². The van der Waals surface area contributed by atoms with E-state index >= 15 is 0 Å². The van der Waals surface area contributed by atoms with Gasteiger partial charge in [-0.05, 0) is 6.07 Å². The zero-order valence-electron chi connectivity index (χ0n) is 7.47. The van der Waals surface area contributed by atoms with Gasteiger partial charge in [0.25, 0.3) is 0 Å². The lowest BCUT2D eigenvalue weighted by atomic mass is 10.5. The Hall–Kier alpha value is -1.54. The lowest BCUT2D eigenvalue weighted by molar-refractivity contribution is -0.116. The van der Waals surface area contributed by atoms with Crippen molar-refractivity contribution in [2.45, 2.75) is 4.90 Å². The highest BCUT2D eigenvalue weighted by atomic mass is 32.2. The van der Waals surface area contributed by atoms with Gasteiger partial charge in [0.15, 0.2) is 0 Å². The molecule has 3 N–H and O–H groups in total. The molecule has 0 aliphatic carbocycles. The number of hydrogen-bond acceptors (Lipinski definition) is 4. The molecule has 0 fully saturated rings. The van der Waals surface area contributed by atoms with Gasteiger partial charge in [0, 0.05) is 6.20 Å². The fourth-order valence-corrected chi connectivity index (χ4v) is 1.76. The molecule has 1 rings (SSSR count). The molecule has 0 unspecified atom stereocenters. The van der Waals surface area contributed by atoms with E-state index in [2.05, 4.69) is 4.98 Å². The van der Waals surface area contributed by atoms with Crippen LogP contribution in [0.4, 0.5) is 4.39 Å². The molecule has 0 radical (unpaired) electrons. The maximum absolute atomic E-state index is 12.7. The van der Waals surface area contributed by atoms with Crippen LogP contribution in [0.1, 0.15) is 0 Å². The van der Waals surface area contributed by atoms with Crippen molar-refractivity contribution < 1.29 is 17.6 Å². The van der Waals surface area contributed by atoms with Gasteiger partial charge in [-0.15, -0.1) is 0 Å². The smallest absolute Gasteiger partial charge is 0.242 e. The molecule has 0 saturated heterocycles. The van der Waals surface area contributed by atoms with Crippen molar-refractivity contribution in [2.24, 2.45) is 5.73 Å². The van der Waals surface area contributed by atoms with Crippen molar-refractivity contribution >= 4 is 15.9 Å². The quantitative estimate of drug-likeness (QED) is 0.695.